The summed E-state index contributed by atoms with van der Waals surface area (Å²) in [6.07, 6.45) is 3.55. The Balaban J connectivity index is 1.69. The summed E-state index contributed by atoms with van der Waals surface area (Å²) < 4.78 is 11.3. The number of rotatable bonds is 5. The molecule has 0 radical (unpaired) electrons. The SMILES string of the molecule is COc1cccc(COc2cc(Cl)cc3ccc(-c4ncc(C)cn4)nc23)c1. The van der Waals surface area contributed by atoms with Crippen molar-refractivity contribution in [1.29, 1.82) is 0 Å². The quantitative estimate of drug-likeness (QED) is 0.465. The van der Waals surface area contributed by atoms with Gasteiger partial charge in [0.2, 0.25) is 0 Å². The van der Waals surface area contributed by atoms with Crippen molar-refractivity contribution in [1.82, 2.24) is 15.0 Å². The molecule has 5 nitrogen and oxygen atoms in total. The van der Waals surface area contributed by atoms with Crippen molar-refractivity contribution >= 4 is 22.5 Å². The van der Waals surface area contributed by atoms with E-state index in [2.05, 4.69) is 9.97 Å². The number of hydrogen-bond donors (Lipinski definition) is 0. The van der Waals surface area contributed by atoms with Crippen LogP contribution < -0.4 is 9.47 Å². The van der Waals surface area contributed by atoms with Gasteiger partial charge < -0.3 is 9.47 Å². The summed E-state index contributed by atoms with van der Waals surface area (Å²) in [7, 11) is 1.64. The molecule has 0 aliphatic heterocycles. The standard InChI is InChI=1S/C22H18ClN3O2/c1-14-11-24-22(25-12-14)19-7-6-16-9-17(23)10-20(21(16)26-19)28-13-15-4-3-5-18(8-15)27-2/h3-12H,13H2,1-2H3. The van der Waals surface area contributed by atoms with Crippen LogP contribution in [0.5, 0.6) is 11.5 Å². The summed E-state index contributed by atoms with van der Waals surface area (Å²) in [6, 6.07) is 15.2. The number of hydrogen-bond acceptors (Lipinski definition) is 5. The summed E-state index contributed by atoms with van der Waals surface area (Å²) in [6.45, 7) is 2.32. The van der Waals surface area contributed by atoms with E-state index in [0.29, 0.717) is 34.4 Å². The number of pyridine rings is 1. The van der Waals surface area contributed by atoms with Crippen LogP contribution in [0.15, 0.2) is 60.9 Å². The van der Waals surface area contributed by atoms with Gasteiger partial charge in [-0.15, -0.1) is 0 Å². The Hall–Kier alpha value is -3.18. The van der Waals surface area contributed by atoms with Gasteiger partial charge in [-0.05, 0) is 42.3 Å². The van der Waals surface area contributed by atoms with E-state index in [1.54, 1.807) is 25.6 Å². The Morgan fingerprint density at radius 3 is 2.61 bits per heavy atom. The second-order valence-electron chi connectivity index (χ2n) is 6.40. The average molecular weight is 392 g/mol. The minimum atomic E-state index is 0.375. The maximum Gasteiger partial charge on any atom is 0.178 e. The fourth-order valence-electron chi connectivity index (χ4n) is 2.85. The van der Waals surface area contributed by atoms with Crippen LogP contribution in [0, 0.1) is 6.92 Å². The van der Waals surface area contributed by atoms with Gasteiger partial charge in [0.1, 0.15) is 29.3 Å². The van der Waals surface area contributed by atoms with E-state index in [1.165, 1.54) is 0 Å². The molecule has 28 heavy (non-hydrogen) atoms. The van der Waals surface area contributed by atoms with E-state index < -0.39 is 0 Å². The minimum Gasteiger partial charge on any atom is -0.497 e. The predicted molar refractivity (Wildman–Crippen MR) is 110 cm³/mol. The molecular weight excluding hydrogens is 374 g/mol. The van der Waals surface area contributed by atoms with E-state index >= 15 is 0 Å². The van der Waals surface area contributed by atoms with E-state index in [0.717, 1.165) is 22.3 Å². The molecule has 0 N–H and O–H groups in total. The van der Waals surface area contributed by atoms with Gasteiger partial charge >= 0.3 is 0 Å². The van der Waals surface area contributed by atoms with Gasteiger partial charge in [-0.2, -0.15) is 0 Å². The van der Waals surface area contributed by atoms with Crippen LogP contribution in [0.1, 0.15) is 11.1 Å². The highest BCUT2D eigenvalue weighted by Crippen LogP contribution is 2.31. The van der Waals surface area contributed by atoms with Crippen molar-refractivity contribution in [3.63, 3.8) is 0 Å². The Labute approximate surface area is 168 Å². The lowest BCUT2D eigenvalue weighted by atomic mass is 10.1. The molecule has 6 heteroatoms. The number of aryl methyl sites for hydroxylation is 1. The molecule has 2 aromatic carbocycles. The first-order valence-corrected chi connectivity index (χ1v) is 9.15. The zero-order valence-electron chi connectivity index (χ0n) is 15.5. The summed E-state index contributed by atoms with van der Waals surface area (Å²) in [5.74, 6) is 1.97. The molecular formula is C22H18ClN3O2. The summed E-state index contributed by atoms with van der Waals surface area (Å²) in [5, 5.41) is 1.48. The molecule has 0 aliphatic carbocycles. The fourth-order valence-corrected chi connectivity index (χ4v) is 3.07. The molecule has 0 fully saturated rings. The van der Waals surface area contributed by atoms with Crippen molar-refractivity contribution in [2.75, 3.05) is 7.11 Å². The third-order valence-corrected chi connectivity index (χ3v) is 4.48. The highest BCUT2D eigenvalue weighted by molar-refractivity contribution is 6.31. The second-order valence-corrected chi connectivity index (χ2v) is 6.83. The molecule has 0 atom stereocenters. The molecule has 0 unspecified atom stereocenters. The van der Waals surface area contributed by atoms with Crippen molar-refractivity contribution in [3.8, 4) is 23.0 Å². The number of fused-ring (bicyclic) bond motifs is 1. The molecule has 0 spiro atoms. The van der Waals surface area contributed by atoms with E-state index in [1.807, 2.05) is 49.4 Å². The van der Waals surface area contributed by atoms with E-state index in [9.17, 15) is 0 Å². The van der Waals surface area contributed by atoms with Crippen LogP contribution in [0.3, 0.4) is 0 Å². The van der Waals surface area contributed by atoms with Gasteiger partial charge in [-0.3, -0.25) is 0 Å². The van der Waals surface area contributed by atoms with Crippen LogP contribution >= 0.6 is 11.6 Å². The normalized spacial score (nSPS) is 10.8. The lowest BCUT2D eigenvalue weighted by Gasteiger charge is -2.11. The first kappa shape index (κ1) is 18.2. The Morgan fingerprint density at radius 1 is 1.00 bits per heavy atom. The van der Waals surface area contributed by atoms with E-state index in [4.69, 9.17) is 26.1 Å². The average Bonchev–Trinajstić information content (AvgIpc) is 2.72. The van der Waals surface area contributed by atoms with Crippen molar-refractivity contribution in [2.24, 2.45) is 0 Å². The number of ether oxygens (including phenoxy) is 2. The smallest absolute Gasteiger partial charge is 0.178 e. The van der Waals surface area contributed by atoms with Crippen LogP contribution in [-0.4, -0.2) is 22.1 Å². The summed E-state index contributed by atoms with van der Waals surface area (Å²) in [4.78, 5) is 13.5. The summed E-state index contributed by atoms with van der Waals surface area (Å²) in [5.41, 5.74) is 3.39. The molecule has 4 aromatic rings. The Bertz CT molecular complexity index is 1130. The first-order chi connectivity index (χ1) is 13.6. The maximum absolute atomic E-state index is 6.27. The molecule has 2 heterocycles. The molecule has 0 amide bonds. The number of halogens is 1. The summed E-state index contributed by atoms with van der Waals surface area (Å²) >= 11 is 6.27. The first-order valence-electron chi connectivity index (χ1n) is 8.77. The van der Waals surface area contributed by atoms with E-state index in [-0.39, 0.29) is 0 Å². The zero-order valence-corrected chi connectivity index (χ0v) is 16.3. The third kappa shape index (κ3) is 3.89. The molecule has 0 saturated heterocycles. The molecule has 0 saturated carbocycles. The van der Waals surface area contributed by atoms with Crippen LogP contribution in [0.2, 0.25) is 5.02 Å². The molecule has 4 rings (SSSR count). The third-order valence-electron chi connectivity index (χ3n) is 4.26. The van der Waals surface area contributed by atoms with Gasteiger partial charge in [0, 0.05) is 28.9 Å². The highest BCUT2D eigenvalue weighted by atomic mass is 35.5. The highest BCUT2D eigenvalue weighted by Gasteiger charge is 2.11. The van der Waals surface area contributed by atoms with Crippen LogP contribution in [0.4, 0.5) is 0 Å². The van der Waals surface area contributed by atoms with Crippen LogP contribution in [0.25, 0.3) is 22.4 Å². The lowest BCUT2D eigenvalue weighted by molar-refractivity contribution is 0.308. The molecule has 0 bridgehead atoms. The molecule has 140 valence electrons. The largest absolute Gasteiger partial charge is 0.497 e. The zero-order chi connectivity index (χ0) is 19.5. The van der Waals surface area contributed by atoms with Crippen molar-refractivity contribution in [3.05, 3.63) is 77.1 Å². The van der Waals surface area contributed by atoms with Gasteiger partial charge in [0.05, 0.1) is 7.11 Å². The topological polar surface area (TPSA) is 57.1 Å². The number of aromatic nitrogens is 3. The monoisotopic (exact) mass is 391 g/mol. The van der Waals surface area contributed by atoms with Gasteiger partial charge in [0.25, 0.3) is 0 Å². The predicted octanol–water partition coefficient (Wildman–Crippen LogP) is 5.24. The lowest BCUT2D eigenvalue weighted by Crippen LogP contribution is -1.99. The molecule has 0 aliphatic rings. The molecule has 2 aromatic heterocycles. The minimum absolute atomic E-state index is 0.375. The Kier molecular flexibility index (Phi) is 5.08. The van der Waals surface area contributed by atoms with Crippen LogP contribution in [-0.2, 0) is 6.61 Å². The van der Waals surface area contributed by atoms with Crippen molar-refractivity contribution < 1.29 is 9.47 Å². The van der Waals surface area contributed by atoms with Crippen molar-refractivity contribution in [2.45, 2.75) is 13.5 Å². The number of benzene rings is 2. The van der Waals surface area contributed by atoms with Gasteiger partial charge in [0.15, 0.2) is 5.82 Å². The number of methoxy groups -OCH3 is 1. The fraction of sp³-hybridized carbons (Fsp3) is 0.136. The maximum atomic E-state index is 6.27. The second kappa shape index (κ2) is 7.82. The number of nitrogens with zero attached hydrogens (tertiary/aromatic N) is 3. The van der Waals surface area contributed by atoms with Gasteiger partial charge in [-0.1, -0.05) is 29.8 Å². The van der Waals surface area contributed by atoms with Gasteiger partial charge in [-0.25, -0.2) is 15.0 Å². The Morgan fingerprint density at radius 2 is 1.82 bits per heavy atom.